The van der Waals surface area contributed by atoms with E-state index in [4.69, 9.17) is 11.6 Å². The van der Waals surface area contributed by atoms with E-state index in [2.05, 4.69) is 4.98 Å². The van der Waals surface area contributed by atoms with E-state index < -0.39 is 5.66 Å². The molecule has 0 saturated heterocycles. The van der Waals surface area contributed by atoms with Gasteiger partial charge in [-0.25, -0.2) is 0 Å². The molecule has 1 amide bonds. The minimum atomic E-state index is -3.15. The number of benzene rings is 1. The number of carbonyl (C=O) groups is 1. The number of aromatic amines is 1. The molecule has 2 rings (SSSR count). The summed E-state index contributed by atoms with van der Waals surface area (Å²) in [6.07, 6.45) is 0. The monoisotopic (exact) mass is 386 g/mol. The van der Waals surface area contributed by atoms with E-state index >= 15 is 0 Å². The summed E-state index contributed by atoms with van der Waals surface area (Å²) in [6, 6.07) is 8.05. The fourth-order valence-corrected chi connectivity index (χ4v) is 2.92. The van der Waals surface area contributed by atoms with E-state index in [-0.39, 0.29) is 22.7 Å². The van der Waals surface area contributed by atoms with Crippen LogP contribution in [-0.2, 0) is 5.66 Å². The molecule has 0 spiro atoms. The summed E-state index contributed by atoms with van der Waals surface area (Å²) in [7, 11) is 3.15. The second kappa shape index (κ2) is 7.05. The smallest absolute Gasteiger partial charge is 0.298 e. The zero-order valence-electron chi connectivity index (χ0n) is 14.7. The quantitative estimate of drug-likeness (QED) is 0.704. The Hall–Kier alpha value is -1.45. The van der Waals surface area contributed by atoms with Crippen molar-refractivity contribution in [2.45, 2.75) is 26.4 Å². The van der Waals surface area contributed by atoms with Crippen LogP contribution >= 0.6 is 20.8 Å². The van der Waals surface area contributed by atoms with Crippen LogP contribution in [-0.4, -0.2) is 29.4 Å². The molecule has 1 aromatic carbocycles. The van der Waals surface area contributed by atoms with Crippen LogP contribution in [0.5, 0.6) is 0 Å². The van der Waals surface area contributed by atoms with Gasteiger partial charge in [-0.2, -0.15) is 8.78 Å². The lowest BCUT2D eigenvalue weighted by Crippen LogP contribution is -2.35. The van der Waals surface area contributed by atoms with Crippen molar-refractivity contribution in [3.8, 4) is 11.1 Å². The zero-order chi connectivity index (χ0) is 19.0. The maximum atomic E-state index is 13.7. The molecular formula is C18H22ClF2N2OP. The van der Waals surface area contributed by atoms with Crippen LogP contribution in [0.4, 0.5) is 8.78 Å². The summed E-state index contributed by atoms with van der Waals surface area (Å²) >= 11 is 5.90. The molecule has 0 aliphatic rings. The number of nitrogens with one attached hydrogen (secondary N) is 1. The van der Waals surface area contributed by atoms with Crippen molar-refractivity contribution in [2.75, 3.05) is 13.6 Å². The molecule has 1 aromatic heterocycles. The van der Waals surface area contributed by atoms with E-state index in [0.717, 1.165) is 0 Å². The number of carbonyl (C=O) groups excluding carboxylic acids is 1. The van der Waals surface area contributed by atoms with Crippen molar-refractivity contribution in [3.63, 3.8) is 0 Å². The van der Waals surface area contributed by atoms with E-state index in [1.807, 2.05) is 20.8 Å². The lowest BCUT2D eigenvalue weighted by molar-refractivity contribution is 0.0738. The minimum Gasteiger partial charge on any atom is -0.349 e. The van der Waals surface area contributed by atoms with E-state index in [1.165, 1.54) is 20.2 Å². The second-order valence-corrected chi connectivity index (χ2v) is 8.48. The highest BCUT2D eigenvalue weighted by atomic mass is 35.5. The number of aromatic nitrogens is 1. The molecule has 0 bridgehead atoms. The first-order chi connectivity index (χ1) is 11.4. The first-order valence-electron chi connectivity index (χ1n) is 7.80. The maximum absolute atomic E-state index is 13.7. The van der Waals surface area contributed by atoms with Gasteiger partial charge in [-0.1, -0.05) is 53.7 Å². The Bertz CT molecular complexity index is 761. The van der Waals surface area contributed by atoms with Crippen molar-refractivity contribution in [1.29, 1.82) is 0 Å². The van der Waals surface area contributed by atoms with Crippen LogP contribution in [0.25, 0.3) is 11.1 Å². The van der Waals surface area contributed by atoms with Crippen molar-refractivity contribution >= 4 is 26.7 Å². The first-order valence-corrected chi connectivity index (χ1v) is 8.75. The van der Waals surface area contributed by atoms with Crippen LogP contribution in [0.15, 0.2) is 30.3 Å². The van der Waals surface area contributed by atoms with Gasteiger partial charge in [0.05, 0.1) is 5.69 Å². The van der Waals surface area contributed by atoms with Gasteiger partial charge in [0.1, 0.15) is 5.69 Å². The van der Waals surface area contributed by atoms with Crippen molar-refractivity contribution < 1.29 is 13.6 Å². The normalized spacial score (nSPS) is 12.3. The molecule has 0 aliphatic carbocycles. The predicted octanol–water partition coefficient (Wildman–Crippen LogP) is 5.38. The Morgan fingerprint density at radius 1 is 1.24 bits per heavy atom. The van der Waals surface area contributed by atoms with Gasteiger partial charge in [0.15, 0.2) is 0 Å². The summed E-state index contributed by atoms with van der Waals surface area (Å²) in [6.45, 7) is 6.52. The fourth-order valence-electron chi connectivity index (χ4n) is 2.63. The highest BCUT2D eigenvalue weighted by molar-refractivity contribution is 7.17. The molecule has 0 fully saturated rings. The van der Waals surface area contributed by atoms with Crippen molar-refractivity contribution in [3.05, 3.63) is 46.7 Å². The van der Waals surface area contributed by atoms with Gasteiger partial charge in [0.25, 0.3) is 11.6 Å². The van der Waals surface area contributed by atoms with Gasteiger partial charge in [-0.05, 0) is 29.2 Å². The molecular weight excluding hydrogens is 365 g/mol. The summed E-state index contributed by atoms with van der Waals surface area (Å²) < 4.78 is 27.5. The van der Waals surface area contributed by atoms with Gasteiger partial charge in [0.2, 0.25) is 0 Å². The number of hydrogen-bond acceptors (Lipinski definition) is 1. The fraction of sp³-hybridized carbons (Fsp3) is 0.389. The summed E-state index contributed by atoms with van der Waals surface area (Å²) in [5, 5.41) is 0.536. The third-order valence-electron chi connectivity index (χ3n) is 3.60. The summed E-state index contributed by atoms with van der Waals surface area (Å²) in [5.74, 6) is -0.333. The lowest BCUT2D eigenvalue weighted by Gasteiger charge is -2.26. The number of nitrogens with zero attached hydrogens (tertiary/aromatic N) is 1. The van der Waals surface area contributed by atoms with Crippen LogP contribution < -0.4 is 0 Å². The zero-order valence-corrected chi connectivity index (χ0v) is 16.6. The first kappa shape index (κ1) is 19.9. The third kappa shape index (κ3) is 5.02. The van der Waals surface area contributed by atoms with Crippen LogP contribution in [0.2, 0.25) is 5.02 Å². The molecule has 7 heteroatoms. The Kier molecular flexibility index (Phi) is 5.60. The van der Waals surface area contributed by atoms with Crippen molar-refractivity contribution in [1.82, 2.24) is 9.88 Å². The van der Waals surface area contributed by atoms with E-state index in [9.17, 15) is 13.6 Å². The van der Waals surface area contributed by atoms with Gasteiger partial charge >= 0.3 is 0 Å². The number of halogens is 3. The maximum Gasteiger partial charge on any atom is 0.298 e. The number of alkyl halides is 2. The molecule has 2 aromatic rings. The number of H-pyrrole nitrogens is 1. The molecule has 1 N–H and O–H groups in total. The third-order valence-corrected chi connectivity index (χ3v) is 4.17. The highest BCUT2D eigenvalue weighted by Crippen LogP contribution is 2.38. The largest absolute Gasteiger partial charge is 0.349 e. The second-order valence-electron chi connectivity index (χ2n) is 7.32. The van der Waals surface area contributed by atoms with Crippen LogP contribution in [0.1, 0.15) is 37.0 Å². The number of hydrogen-bond donors (Lipinski definition) is 1. The van der Waals surface area contributed by atoms with Gasteiger partial charge < -0.3 is 9.88 Å². The Balaban J connectivity index is 2.50. The van der Waals surface area contributed by atoms with Gasteiger partial charge in [-0.15, -0.1) is 0 Å². The number of amides is 1. The Morgan fingerprint density at radius 3 is 2.28 bits per heavy atom. The summed E-state index contributed by atoms with van der Waals surface area (Å²) in [4.78, 5) is 17.0. The average Bonchev–Trinajstić information content (AvgIpc) is 2.90. The Morgan fingerprint density at radius 2 is 1.80 bits per heavy atom. The van der Waals surface area contributed by atoms with Crippen LogP contribution in [0, 0.1) is 5.41 Å². The standard InChI is InChI=1S/C18H22ClF2N2OP/c1-17(2,3)10-23(4)16(24)15-13(9-14(22-15)18(20,21)25)11-5-7-12(19)8-6-11/h5-9,22H,10,25H2,1-4H3. The molecule has 1 atom stereocenters. The number of rotatable bonds is 4. The summed E-state index contributed by atoms with van der Waals surface area (Å²) in [5.41, 5.74) is -2.36. The minimum absolute atomic E-state index is 0.106. The average molecular weight is 387 g/mol. The van der Waals surface area contributed by atoms with Gasteiger partial charge in [-0.3, -0.25) is 4.79 Å². The lowest BCUT2D eigenvalue weighted by atomic mass is 9.96. The van der Waals surface area contributed by atoms with Crippen LogP contribution in [0.3, 0.4) is 0 Å². The van der Waals surface area contributed by atoms with Crippen molar-refractivity contribution in [2.24, 2.45) is 5.41 Å². The topological polar surface area (TPSA) is 36.1 Å². The molecule has 25 heavy (non-hydrogen) atoms. The molecule has 136 valence electrons. The molecule has 0 aliphatic heterocycles. The predicted molar refractivity (Wildman–Crippen MR) is 101 cm³/mol. The molecule has 3 nitrogen and oxygen atoms in total. The molecule has 0 saturated carbocycles. The molecule has 1 heterocycles. The highest BCUT2D eigenvalue weighted by Gasteiger charge is 2.31. The van der Waals surface area contributed by atoms with E-state index in [0.29, 0.717) is 22.7 Å². The molecule has 1 unspecified atom stereocenters. The van der Waals surface area contributed by atoms with Gasteiger partial charge in [0, 0.05) is 24.2 Å². The molecule has 0 radical (unpaired) electrons. The Labute approximate surface area is 154 Å². The SMILES string of the molecule is CN(CC(C)(C)C)C(=O)c1[nH]c(C(F)(F)P)cc1-c1ccc(Cl)cc1. The van der Waals surface area contributed by atoms with E-state index in [1.54, 1.807) is 31.3 Å².